The van der Waals surface area contributed by atoms with E-state index in [1.807, 2.05) is 0 Å². The van der Waals surface area contributed by atoms with Crippen molar-refractivity contribution in [2.24, 2.45) is 0 Å². The number of sulfonamides is 1. The molecule has 1 heterocycles. The first-order valence-corrected chi connectivity index (χ1v) is 11.3. The summed E-state index contributed by atoms with van der Waals surface area (Å²) >= 11 is 1.22. The smallest absolute Gasteiger partial charge is 0.244 e. The standard InChI is InChI=1S/C19H24FN3O3S2/c1-4-23(5-2)28(25,26)17-9-10-18(21-12-17)27-14-19(24)22(3)13-15-7-6-8-16(20)11-15/h6-12H,4-5,13-14H2,1-3H3. The van der Waals surface area contributed by atoms with Crippen molar-refractivity contribution in [3.8, 4) is 0 Å². The molecule has 0 fully saturated rings. The van der Waals surface area contributed by atoms with Crippen molar-refractivity contribution in [2.45, 2.75) is 30.3 Å². The third kappa shape index (κ3) is 5.76. The summed E-state index contributed by atoms with van der Waals surface area (Å²) in [6, 6.07) is 9.22. The van der Waals surface area contributed by atoms with Gasteiger partial charge in [0.15, 0.2) is 0 Å². The molecule has 0 saturated carbocycles. The summed E-state index contributed by atoms with van der Waals surface area (Å²) in [7, 11) is -1.89. The third-order valence-electron chi connectivity index (χ3n) is 4.13. The Labute approximate surface area is 169 Å². The lowest BCUT2D eigenvalue weighted by molar-refractivity contribution is -0.127. The number of amides is 1. The summed E-state index contributed by atoms with van der Waals surface area (Å²) in [6.45, 7) is 4.66. The first-order valence-electron chi connectivity index (χ1n) is 8.85. The minimum atomic E-state index is -3.55. The number of pyridine rings is 1. The minimum absolute atomic E-state index is 0.129. The number of halogens is 1. The molecule has 0 N–H and O–H groups in total. The maximum absolute atomic E-state index is 13.2. The fourth-order valence-electron chi connectivity index (χ4n) is 2.56. The fourth-order valence-corrected chi connectivity index (χ4v) is 4.75. The van der Waals surface area contributed by atoms with E-state index in [0.717, 1.165) is 0 Å². The van der Waals surface area contributed by atoms with Gasteiger partial charge in [0.25, 0.3) is 0 Å². The lowest BCUT2D eigenvalue weighted by Gasteiger charge is -2.18. The van der Waals surface area contributed by atoms with Crippen molar-refractivity contribution in [1.82, 2.24) is 14.2 Å². The predicted molar refractivity (Wildman–Crippen MR) is 108 cm³/mol. The highest BCUT2D eigenvalue weighted by atomic mass is 32.2. The zero-order valence-corrected chi connectivity index (χ0v) is 17.8. The van der Waals surface area contributed by atoms with Crippen molar-refractivity contribution >= 4 is 27.7 Å². The van der Waals surface area contributed by atoms with Crippen LogP contribution in [-0.2, 0) is 21.4 Å². The highest BCUT2D eigenvalue weighted by molar-refractivity contribution is 7.99. The zero-order chi connectivity index (χ0) is 20.7. The van der Waals surface area contributed by atoms with Gasteiger partial charge in [0, 0.05) is 32.9 Å². The van der Waals surface area contributed by atoms with Crippen LogP contribution in [0.5, 0.6) is 0 Å². The minimum Gasteiger partial charge on any atom is -0.341 e. The normalized spacial score (nSPS) is 11.6. The van der Waals surface area contributed by atoms with Crippen molar-refractivity contribution in [3.05, 3.63) is 54.0 Å². The summed E-state index contributed by atoms with van der Waals surface area (Å²) in [6.07, 6.45) is 1.32. The van der Waals surface area contributed by atoms with Crippen LogP contribution in [0.2, 0.25) is 0 Å². The lowest BCUT2D eigenvalue weighted by atomic mass is 10.2. The molecule has 0 aliphatic rings. The number of benzene rings is 1. The molecule has 9 heteroatoms. The number of hydrogen-bond acceptors (Lipinski definition) is 5. The Morgan fingerprint density at radius 1 is 1.18 bits per heavy atom. The van der Waals surface area contributed by atoms with E-state index in [1.165, 1.54) is 45.4 Å². The van der Waals surface area contributed by atoms with Crippen LogP contribution in [0.15, 0.2) is 52.5 Å². The Hall–Kier alpha value is -1.97. The number of rotatable bonds is 9. The van der Waals surface area contributed by atoms with E-state index in [4.69, 9.17) is 0 Å². The summed E-state index contributed by atoms with van der Waals surface area (Å²) < 4.78 is 39.5. The van der Waals surface area contributed by atoms with Gasteiger partial charge in [-0.25, -0.2) is 17.8 Å². The van der Waals surface area contributed by atoms with Gasteiger partial charge in [0.1, 0.15) is 10.7 Å². The van der Waals surface area contributed by atoms with E-state index >= 15 is 0 Å². The maximum Gasteiger partial charge on any atom is 0.244 e. The van der Waals surface area contributed by atoms with Gasteiger partial charge in [-0.05, 0) is 29.8 Å². The topological polar surface area (TPSA) is 70.6 Å². The van der Waals surface area contributed by atoms with Gasteiger partial charge in [-0.3, -0.25) is 4.79 Å². The van der Waals surface area contributed by atoms with Gasteiger partial charge in [-0.2, -0.15) is 4.31 Å². The highest BCUT2D eigenvalue weighted by Crippen LogP contribution is 2.20. The molecule has 2 rings (SSSR count). The van der Waals surface area contributed by atoms with E-state index in [-0.39, 0.29) is 22.4 Å². The highest BCUT2D eigenvalue weighted by Gasteiger charge is 2.22. The Morgan fingerprint density at radius 2 is 1.89 bits per heavy atom. The van der Waals surface area contributed by atoms with Crippen molar-refractivity contribution in [1.29, 1.82) is 0 Å². The molecule has 1 amide bonds. The predicted octanol–water partition coefficient (Wildman–Crippen LogP) is 3.00. The van der Waals surface area contributed by atoms with Crippen molar-refractivity contribution < 1.29 is 17.6 Å². The Morgan fingerprint density at radius 3 is 2.46 bits per heavy atom. The van der Waals surface area contributed by atoms with Crippen LogP contribution in [0.25, 0.3) is 0 Å². The molecular formula is C19H24FN3O3S2. The molecule has 152 valence electrons. The first kappa shape index (κ1) is 22.3. The molecule has 1 aromatic heterocycles. The van der Waals surface area contributed by atoms with Crippen LogP contribution >= 0.6 is 11.8 Å². The fraction of sp³-hybridized carbons (Fsp3) is 0.368. The van der Waals surface area contributed by atoms with Crippen LogP contribution < -0.4 is 0 Å². The number of thioether (sulfide) groups is 1. The average Bonchev–Trinajstić information content (AvgIpc) is 2.67. The number of carbonyl (C=O) groups excluding carboxylic acids is 1. The zero-order valence-electron chi connectivity index (χ0n) is 16.1. The maximum atomic E-state index is 13.2. The molecular weight excluding hydrogens is 401 g/mol. The quantitative estimate of drug-likeness (QED) is 0.578. The second kappa shape index (κ2) is 9.99. The van der Waals surface area contributed by atoms with E-state index in [1.54, 1.807) is 39.1 Å². The Bertz CT molecular complexity index is 901. The monoisotopic (exact) mass is 425 g/mol. The Balaban J connectivity index is 1.94. The van der Waals surface area contributed by atoms with Crippen molar-refractivity contribution in [3.63, 3.8) is 0 Å². The van der Waals surface area contributed by atoms with E-state index in [9.17, 15) is 17.6 Å². The second-order valence-electron chi connectivity index (χ2n) is 6.09. The van der Waals surface area contributed by atoms with Crippen LogP contribution in [0.1, 0.15) is 19.4 Å². The molecule has 0 aliphatic carbocycles. The van der Waals surface area contributed by atoms with Gasteiger partial charge >= 0.3 is 0 Å². The van der Waals surface area contributed by atoms with Gasteiger partial charge in [-0.15, -0.1) is 0 Å². The van der Waals surface area contributed by atoms with Gasteiger partial charge in [0.05, 0.1) is 10.8 Å². The lowest BCUT2D eigenvalue weighted by Crippen LogP contribution is -2.30. The molecule has 0 aliphatic heterocycles. The molecule has 0 unspecified atom stereocenters. The molecule has 0 saturated heterocycles. The van der Waals surface area contributed by atoms with Crippen LogP contribution in [0, 0.1) is 5.82 Å². The third-order valence-corrected chi connectivity index (χ3v) is 7.09. The van der Waals surface area contributed by atoms with Crippen LogP contribution in [-0.4, -0.2) is 54.4 Å². The van der Waals surface area contributed by atoms with E-state index in [2.05, 4.69) is 4.98 Å². The molecule has 0 spiro atoms. The van der Waals surface area contributed by atoms with Gasteiger partial charge in [-0.1, -0.05) is 37.7 Å². The largest absolute Gasteiger partial charge is 0.341 e. The number of hydrogen-bond donors (Lipinski definition) is 0. The van der Waals surface area contributed by atoms with E-state index in [0.29, 0.717) is 30.2 Å². The Kier molecular flexibility index (Phi) is 7.97. The summed E-state index contributed by atoms with van der Waals surface area (Å²) in [5.74, 6) is -0.311. The summed E-state index contributed by atoms with van der Waals surface area (Å²) in [5, 5.41) is 0.561. The molecule has 28 heavy (non-hydrogen) atoms. The molecule has 0 radical (unpaired) electrons. The van der Waals surface area contributed by atoms with Crippen LogP contribution in [0.4, 0.5) is 4.39 Å². The second-order valence-corrected chi connectivity index (χ2v) is 9.02. The summed E-state index contributed by atoms with van der Waals surface area (Å²) in [4.78, 5) is 18.1. The molecule has 6 nitrogen and oxygen atoms in total. The van der Waals surface area contributed by atoms with Gasteiger partial charge < -0.3 is 4.90 Å². The van der Waals surface area contributed by atoms with Gasteiger partial charge in [0.2, 0.25) is 15.9 Å². The molecule has 2 aromatic rings. The van der Waals surface area contributed by atoms with Crippen molar-refractivity contribution in [2.75, 3.05) is 25.9 Å². The van der Waals surface area contributed by atoms with Crippen LogP contribution in [0.3, 0.4) is 0 Å². The molecule has 1 aromatic carbocycles. The first-order chi connectivity index (χ1) is 13.3. The number of nitrogens with zero attached hydrogens (tertiary/aromatic N) is 3. The SMILES string of the molecule is CCN(CC)S(=O)(=O)c1ccc(SCC(=O)N(C)Cc2cccc(F)c2)nc1. The van der Waals surface area contributed by atoms with E-state index < -0.39 is 10.0 Å². The number of carbonyl (C=O) groups is 1. The average molecular weight is 426 g/mol. The summed E-state index contributed by atoms with van der Waals surface area (Å²) in [5.41, 5.74) is 0.713. The number of aromatic nitrogens is 1. The molecule has 0 atom stereocenters. The molecule has 0 bridgehead atoms.